The molecular formula is C17H26BNO7. The van der Waals surface area contributed by atoms with Gasteiger partial charge in [0.05, 0.1) is 18.3 Å². The first-order valence-corrected chi connectivity index (χ1v) is 8.41. The monoisotopic (exact) mass is 367 g/mol. The van der Waals surface area contributed by atoms with Gasteiger partial charge in [-0.25, -0.2) is 4.79 Å². The van der Waals surface area contributed by atoms with E-state index in [9.17, 15) is 14.7 Å². The standard InChI is InChI=1S/C17H26BNO7/c1-16(2)17(3,4)26-18(25-16)11-9-14(20)19(10-13(11)24-6)12(15(21)22)7-8-23-5/h9-10,12H,7-8H2,1-6H3,(H,21,22). The Labute approximate surface area is 153 Å². The van der Waals surface area contributed by atoms with Gasteiger partial charge in [0.15, 0.2) is 0 Å². The van der Waals surface area contributed by atoms with Gasteiger partial charge in [-0.1, -0.05) is 0 Å². The maximum Gasteiger partial charge on any atom is 0.498 e. The van der Waals surface area contributed by atoms with Crippen LogP contribution in [0.5, 0.6) is 5.75 Å². The molecule has 1 aliphatic rings. The van der Waals surface area contributed by atoms with Crippen LogP contribution < -0.4 is 15.8 Å². The summed E-state index contributed by atoms with van der Waals surface area (Å²) in [6.07, 6.45) is 1.54. The number of hydrogen-bond donors (Lipinski definition) is 1. The molecule has 1 saturated heterocycles. The lowest BCUT2D eigenvalue weighted by Gasteiger charge is -2.32. The lowest BCUT2D eigenvalue weighted by molar-refractivity contribution is -0.141. The summed E-state index contributed by atoms with van der Waals surface area (Å²) in [5.74, 6) is -0.790. The molecule has 8 nitrogen and oxygen atoms in total. The summed E-state index contributed by atoms with van der Waals surface area (Å²) in [5, 5.41) is 9.45. The average molecular weight is 367 g/mol. The van der Waals surface area contributed by atoms with E-state index in [-0.39, 0.29) is 13.0 Å². The van der Waals surface area contributed by atoms with Crippen LogP contribution in [0.15, 0.2) is 17.1 Å². The van der Waals surface area contributed by atoms with Crippen molar-refractivity contribution in [3.63, 3.8) is 0 Å². The van der Waals surface area contributed by atoms with E-state index in [2.05, 4.69) is 0 Å². The maximum atomic E-state index is 12.6. The van der Waals surface area contributed by atoms with Crippen molar-refractivity contribution in [1.29, 1.82) is 0 Å². The van der Waals surface area contributed by atoms with Crippen LogP contribution in [-0.4, -0.2) is 54.8 Å². The van der Waals surface area contributed by atoms with Crippen molar-refractivity contribution in [3.05, 3.63) is 22.6 Å². The van der Waals surface area contributed by atoms with Gasteiger partial charge in [-0.05, 0) is 27.7 Å². The summed E-state index contributed by atoms with van der Waals surface area (Å²) in [6, 6.07) is 0.257. The number of rotatable bonds is 7. The molecule has 2 rings (SSSR count). The number of hydrogen-bond acceptors (Lipinski definition) is 6. The number of aromatic nitrogens is 1. The third-order valence-corrected chi connectivity index (χ3v) is 5.02. The second kappa shape index (κ2) is 7.42. The molecule has 144 valence electrons. The predicted octanol–water partition coefficient (Wildman–Crippen LogP) is 0.818. The van der Waals surface area contributed by atoms with Crippen LogP contribution in [0.2, 0.25) is 0 Å². The summed E-state index contributed by atoms with van der Waals surface area (Å²) >= 11 is 0. The highest BCUT2D eigenvalue weighted by Gasteiger charge is 2.52. The Balaban J connectivity index is 2.45. The zero-order chi connectivity index (χ0) is 19.7. The Hall–Kier alpha value is -1.84. The lowest BCUT2D eigenvalue weighted by atomic mass is 9.79. The predicted molar refractivity (Wildman–Crippen MR) is 96.1 cm³/mol. The fraction of sp³-hybridized carbons (Fsp3) is 0.647. The topological polar surface area (TPSA) is 96.2 Å². The molecule has 0 spiro atoms. The Morgan fingerprint density at radius 1 is 1.27 bits per heavy atom. The normalized spacial score (nSPS) is 19.4. The van der Waals surface area contributed by atoms with Crippen LogP contribution in [0.25, 0.3) is 0 Å². The van der Waals surface area contributed by atoms with Crippen molar-refractivity contribution >= 4 is 18.6 Å². The van der Waals surface area contributed by atoms with E-state index >= 15 is 0 Å². The first-order valence-electron chi connectivity index (χ1n) is 8.41. The molecule has 1 unspecified atom stereocenters. The number of carboxylic acid groups (broad SMARTS) is 1. The van der Waals surface area contributed by atoms with Crippen molar-refractivity contribution in [2.75, 3.05) is 20.8 Å². The van der Waals surface area contributed by atoms with Crippen LogP contribution in [0.3, 0.4) is 0 Å². The molecule has 1 aromatic rings. The van der Waals surface area contributed by atoms with Gasteiger partial charge in [0.25, 0.3) is 5.56 Å². The number of pyridine rings is 1. The molecule has 1 aliphatic heterocycles. The SMILES string of the molecule is COCCC(C(=O)O)n1cc(OC)c(B2OC(C)(C)C(C)(C)O2)cc1=O. The number of nitrogens with zero attached hydrogens (tertiary/aromatic N) is 1. The van der Waals surface area contributed by atoms with E-state index in [0.29, 0.717) is 11.2 Å². The van der Waals surface area contributed by atoms with Gasteiger partial charge in [0.2, 0.25) is 0 Å². The highest BCUT2D eigenvalue weighted by molar-refractivity contribution is 6.63. The summed E-state index contributed by atoms with van der Waals surface area (Å²) in [7, 11) is 2.15. The minimum Gasteiger partial charge on any atom is -0.496 e. The van der Waals surface area contributed by atoms with Crippen molar-refractivity contribution in [3.8, 4) is 5.75 Å². The lowest BCUT2D eigenvalue weighted by Crippen LogP contribution is -2.41. The molecule has 9 heteroatoms. The minimum atomic E-state index is -1.12. The average Bonchev–Trinajstić information content (AvgIpc) is 2.76. The van der Waals surface area contributed by atoms with E-state index in [4.69, 9.17) is 18.8 Å². The Morgan fingerprint density at radius 2 is 1.85 bits per heavy atom. The Bertz CT molecular complexity index is 712. The molecule has 0 radical (unpaired) electrons. The van der Waals surface area contributed by atoms with E-state index in [1.807, 2.05) is 27.7 Å². The zero-order valence-corrected chi connectivity index (χ0v) is 16.1. The van der Waals surface area contributed by atoms with Crippen molar-refractivity contribution < 1.29 is 28.7 Å². The van der Waals surface area contributed by atoms with Gasteiger partial charge >= 0.3 is 13.1 Å². The van der Waals surface area contributed by atoms with Crippen LogP contribution in [0, 0.1) is 0 Å². The molecule has 1 aromatic heterocycles. The molecule has 0 saturated carbocycles. The molecule has 0 bridgehead atoms. The fourth-order valence-corrected chi connectivity index (χ4v) is 2.72. The van der Waals surface area contributed by atoms with Crippen molar-refractivity contribution in [1.82, 2.24) is 4.57 Å². The van der Waals surface area contributed by atoms with E-state index < -0.39 is 35.9 Å². The molecule has 1 N–H and O–H groups in total. The first kappa shape index (κ1) is 20.5. The van der Waals surface area contributed by atoms with Crippen LogP contribution in [-0.2, 0) is 18.8 Å². The largest absolute Gasteiger partial charge is 0.498 e. The molecular weight excluding hydrogens is 341 g/mol. The third kappa shape index (κ3) is 3.79. The van der Waals surface area contributed by atoms with Crippen LogP contribution in [0.4, 0.5) is 0 Å². The Kier molecular flexibility index (Phi) is 5.84. The van der Waals surface area contributed by atoms with Gasteiger partial charge in [-0.3, -0.25) is 9.36 Å². The maximum absolute atomic E-state index is 12.6. The van der Waals surface area contributed by atoms with Gasteiger partial charge < -0.3 is 23.9 Å². The molecule has 1 fully saturated rings. The highest BCUT2D eigenvalue weighted by atomic mass is 16.7. The number of ether oxygens (including phenoxy) is 2. The number of aliphatic carboxylic acids is 1. The quantitative estimate of drug-likeness (QED) is 0.713. The van der Waals surface area contributed by atoms with Gasteiger partial charge in [0.1, 0.15) is 11.8 Å². The Morgan fingerprint density at radius 3 is 2.31 bits per heavy atom. The molecule has 2 heterocycles. The summed E-state index contributed by atoms with van der Waals surface area (Å²) in [6.45, 7) is 7.85. The first-order chi connectivity index (χ1) is 12.0. The zero-order valence-electron chi connectivity index (χ0n) is 16.1. The minimum absolute atomic E-state index is 0.157. The molecule has 0 aliphatic carbocycles. The van der Waals surface area contributed by atoms with Gasteiger partial charge in [0, 0.05) is 37.9 Å². The molecule has 26 heavy (non-hydrogen) atoms. The smallest absolute Gasteiger partial charge is 0.496 e. The second-order valence-corrected chi connectivity index (χ2v) is 7.27. The summed E-state index contributed by atoms with van der Waals surface area (Å²) < 4.78 is 23.4. The van der Waals surface area contributed by atoms with E-state index in [1.54, 1.807) is 0 Å². The molecule has 0 aromatic carbocycles. The number of carbonyl (C=O) groups is 1. The number of methoxy groups -OCH3 is 2. The van der Waals surface area contributed by atoms with Crippen molar-refractivity contribution in [2.45, 2.75) is 51.4 Å². The fourth-order valence-electron chi connectivity index (χ4n) is 2.72. The summed E-state index contributed by atoms with van der Waals surface area (Å²) in [5.41, 5.74) is -1.18. The van der Waals surface area contributed by atoms with Crippen LogP contribution in [0.1, 0.15) is 40.2 Å². The highest BCUT2D eigenvalue weighted by Crippen LogP contribution is 2.37. The van der Waals surface area contributed by atoms with Gasteiger partial charge in [-0.2, -0.15) is 0 Å². The van der Waals surface area contributed by atoms with Gasteiger partial charge in [-0.15, -0.1) is 0 Å². The molecule has 0 amide bonds. The van der Waals surface area contributed by atoms with E-state index in [0.717, 1.165) is 4.57 Å². The molecule has 1 atom stereocenters. The second-order valence-electron chi connectivity index (χ2n) is 7.27. The number of carboxylic acids is 1. The van der Waals surface area contributed by atoms with Crippen LogP contribution >= 0.6 is 0 Å². The third-order valence-electron chi connectivity index (χ3n) is 5.02. The summed E-state index contributed by atoms with van der Waals surface area (Å²) in [4.78, 5) is 24.2. The van der Waals surface area contributed by atoms with E-state index in [1.165, 1.54) is 26.5 Å². The van der Waals surface area contributed by atoms with Crippen molar-refractivity contribution in [2.24, 2.45) is 0 Å².